The van der Waals surface area contributed by atoms with E-state index in [1.807, 2.05) is 0 Å². The molecule has 3 nitrogen and oxygen atoms in total. The molecular weight excluding hydrogens is 174 g/mol. The SMILES string of the molecule is NC(=O)c1ccccc1OCS. The van der Waals surface area contributed by atoms with Crippen LogP contribution in [-0.2, 0) is 0 Å². The second-order valence-electron chi connectivity index (χ2n) is 2.13. The molecule has 1 amide bonds. The number of carbonyl (C=O) groups excluding carboxylic acids is 1. The summed E-state index contributed by atoms with van der Waals surface area (Å²) in [6, 6.07) is 6.79. The van der Waals surface area contributed by atoms with Crippen LogP contribution in [0.5, 0.6) is 5.75 Å². The van der Waals surface area contributed by atoms with Gasteiger partial charge in [-0.05, 0) is 12.1 Å². The Kier molecular flexibility index (Phi) is 2.99. The lowest BCUT2D eigenvalue weighted by Gasteiger charge is -2.05. The first-order valence-corrected chi connectivity index (χ1v) is 4.01. The van der Waals surface area contributed by atoms with Gasteiger partial charge in [0.05, 0.1) is 5.56 Å². The summed E-state index contributed by atoms with van der Waals surface area (Å²) >= 11 is 3.87. The van der Waals surface area contributed by atoms with Gasteiger partial charge in [0.1, 0.15) is 11.7 Å². The molecule has 0 saturated heterocycles. The van der Waals surface area contributed by atoms with E-state index in [-0.39, 0.29) is 5.94 Å². The molecule has 0 radical (unpaired) electrons. The number of benzene rings is 1. The summed E-state index contributed by atoms with van der Waals surface area (Å²) in [6.45, 7) is 0. The maximum Gasteiger partial charge on any atom is 0.252 e. The van der Waals surface area contributed by atoms with Crippen molar-refractivity contribution in [1.82, 2.24) is 0 Å². The van der Waals surface area contributed by atoms with Crippen LogP contribution in [0, 0.1) is 0 Å². The first-order valence-electron chi connectivity index (χ1n) is 3.38. The average molecular weight is 183 g/mol. The topological polar surface area (TPSA) is 52.3 Å². The van der Waals surface area contributed by atoms with E-state index in [1.165, 1.54) is 0 Å². The van der Waals surface area contributed by atoms with E-state index in [0.29, 0.717) is 11.3 Å². The molecule has 0 heterocycles. The maximum absolute atomic E-state index is 10.8. The molecule has 0 bridgehead atoms. The van der Waals surface area contributed by atoms with Crippen LogP contribution in [0.2, 0.25) is 0 Å². The first kappa shape index (κ1) is 8.93. The van der Waals surface area contributed by atoms with Crippen LogP contribution in [0.3, 0.4) is 0 Å². The minimum absolute atomic E-state index is 0.226. The van der Waals surface area contributed by atoms with E-state index in [0.717, 1.165) is 0 Å². The van der Waals surface area contributed by atoms with Gasteiger partial charge in [-0.25, -0.2) is 0 Å². The number of ether oxygens (including phenoxy) is 1. The van der Waals surface area contributed by atoms with Crippen LogP contribution >= 0.6 is 12.6 Å². The Labute approximate surface area is 75.9 Å². The van der Waals surface area contributed by atoms with Gasteiger partial charge in [0.15, 0.2) is 0 Å². The number of para-hydroxylation sites is 1. The predicted octanol–water partition coefficient (Wildman–Crippen LogP) is 1.05. The van der Waals surface area contributed by atoms with Crippen molar-refractivity contribution in [3.05, 3.63) is 29.8 Å². The summed E-state index contributed by atoms with van der Waals surface area (Å²) in [7, 11) is 0. The zero-order chi connectivity index (χ0) is 8.97. The van der Waals surface area contributed by atoms with Gasteiger partial charge in [0.2, 0.25) is 0 Å². The largest absolute Gasteiger partial charge is 0.482 e. The second kappa shape index (κ2) is 4.01. The molecule has 12 heavy (non-hydrogen) atoms. The Morgan fingerprint density at radius 1 is 1.50 bits per heavy atom. The normalized spacial score (nSPS) is 9.42. The molecule has 0 aliphatic heterocycles. The van der Waals surface area contributed by atoms with Crippen molar-refractivity contribution in [2.24, 2.45) is 5.73 Å². The van der Waals surface area contributed by atoms with Gasteiger partial charge in [-0.15, -0.1) is 12.6 Å². The highest BCUT2D eigenvalue weighted by Crippen LogP contribution is 2.16. The average Bonchev–Trinajstić information content (AvgIpc) is 2.05. The van der Waals surface area contributed by atoms with Gasteiger partial charge in [0, 0.05) is 0 Å². The molecule has 2 N–H and O–H groups in total. The van der Waals surface area contributed by atoms with Gasteiger partial charge >= 0.3 is 0 Å². The Balaban J connectivity index is 3.00. The van der Waals surface area contributed by atoms with Crippen LogP contribution in [0.4, 0.5) is 0 Å². The Bertz CT molecular complexity index is 288. The molecule has 1 rings (SSSR count). The highest BCUT2D eigenvalue weighted by molar-refractivity contribution is 7.80. The van der Waals surface area contributed by atoms with Gasteiger partial charge in [-0.3, -0.25) is 4.79 Å². The van der Waals surface area contributed by atoms with E-state index >= 15 is 0 Å². The van der Waals surface area contributed by atoms with Crippen molar-refractivity contribution in [3.8, 4) is 5.75 Å². The number of amides is 1. The van der Waals surface area contributed by atoms with Gasteiger partial charge in [0.25, 0.3) is 5.91 Å². The Hall–Kier alpha value is -1.16. The number of carbonyl (C=O) groups is 1. The summed E-state index contributed by atoms with van der Waals surface area (Å²) in [5.74, 6) is 0.206. The third kappa shape index (κ3) is 1.92. The number of thiol groups is 1. The minimum Gasteiger partial charge on any atom is -0.482 e. The third-order valence-corrected chi connectivity index (χ3v) is 1.50. The van der Waals surface area contributed by atoms with Crippen molar-refractivity contribution >= 4 is 18.5 Å². The second-order valence-corrected chi connectivity index (χ2v) is 2.39. The van der Waals surface area contributed by atoms with Crippen molar-refractivity contribution in [2.45, 2.75) is 0 Å². The molecule has 1 aromatic carbocycles. The fourth-order valence-corrected chi connectivity index (χ4v) is 1.00. The van der Waals surface area contributed by atoms with E-state index in [9.17, 15) is 4.79 Å². The van der Waals surface area contributed by atoms with Gasteiger partial charge < -0.3 is 10.5 Å². The number of primary amides is 1. The molecule has 0 fully saturated rings. The molecule has 0 aromatic heterocycles. The van der Waals surface area contributed by atoms with E-state index in [4.69, 9.17) is 10.5 Å². The smallest absolute Gasteiger partial charge is 0.252 e. The molecule has 0 saturated carbocycles. The van der Waals surface area contributed by atoms with E-state index < -0.39 is 5.91 Å². The lowest BCUT2D eigenvalue weighted by Crippen LogP contribution is -2.12. The van der Waals surface area contributed by atoms with Gasteiger partial charge in [-0.1, -0.05) is 12.1 Å². The summed E-state index contributed by atoms with van der Waals surface area (Å²) in [5.41, 5.74) is 5.48. The monoisotopic (exact) mass is 183 g/mol. The van der Waals surface area contributed by atoms with Crippen molar-refractivity contribution < 1.29 is 9.53 Å². The number of hydrogen-bond acceptors (Lipinski definition) is 3. The van der Waals surface area contributed by atoms with Crippen molar-refractivity contribution in [1.29, 1.82) is 0 Å². The standard InChI is InChI=1S/C8H9NO2S/c9-8(10)6-3-1-2-4-7(6)11-5-12/h1-4,12H,5H2,(H2,9,10). The summed E-state index contributed by atoms with van der Waals surface area (Å²) in [6.07, 6.45) is 0. The molecule has 4 heteroatoms. The quantitative estimate of drug-likeness (QED) is 0.543. The zero-order valence-corrected chi connectivity index (χ0v) is 7.25. The molecule has 64 valence electrons. The molecule has 0 spiro atoms. The molecule has 0 unspecified atom stereocenters. The van der Waals surface area contributed by atoms with Crippen LogP contribution in [0.1, 0.15) is 10.4 Å². The van der Waals surface area contributed by atoms with E-state index in [2.05, 4.69) is 12.6 Å². The third-order valence-electron chi connectivity index (χ3n) is 1.37. The van der Waals surface area contributed by atoms with Crippen LogP contribution < -0.4 is 10.5 Å². The number of rotatable bonds is 3. The zero-order valence-electron chi connectivity index (χ0n) is 6.36. The number of nitrogens with two attached hydrogens (primary N) is 1. The van der Waals surface area contributed by atoms with E-state index in [1.54, 1.807) is 24.3 Å². The highest BCUT2D eigenvalue weighted by Gasteiger charge is 2.06. The fraction of sp³-hybridized carbons (Fsp3) is 0.125. The summed E-state index contributed by atoms with van der Waals surface area (Å²) in [5, 5.41) is 0. The lowest BCUT2D eigenvalue weighted by molar-refractivity contribution is 0.0997. The Morgan fingerprint density at radius 3 is 2.75 bits per heavy atom. The maximum atomic E-state index is 10.8. The van der Waals surface area contributed by atoms with Gasteiger partial charge in [-0.2, -0.15) is 0 Å². The van der Waals surface area contributed by atoms with Crippen LogP contribution in [0.15, 0.2) is 24.3 Å². The molecule has 0 aliphatic rings. The lowest BCUT2D eigenvalue weighted by atomic mass is 10.2. The highest BCUT2D eigenvalue weighted by atomic mass is 32.1. The fourth-order valence-electron chi connectivity index (χ4n) is 0.866. The number of hydrogen-bond donors (Lipinski definition) is 2. The minimum atomic E-state index is -0.493. The van der Waals surface area contributed by atoms with Crippen LogP contribution in [-0.4, -0.2) is 11.8 Å². The van der Waals surface area contributed by atoms with Crippen molar-refractivity contribution in [3.63, 3.8) is 0 Å². The first-order chi connectivity index (χ1) is 5.75. The van der Waals surface area contributed by atoms with Crippen molar-refractivity contribution in [2.75, 3.05) is 5.94 Å². The van der Waals surface area contributed by atoms with Crippen LogP contribution in [0.25, 0.3) is 0 Å². The summed E-state index contributed by atoms with van der Waals surface area (Å²) < 4.78 is 5.06. The predicted molar refractivity (Wildman–Crippen MR) is 49.4 cm³/mol. The summed E-state index contributed by atoms with van der Waals surface area (Å²) in [4.78, 5) is 10.8. The molecule has 0 aliphatic carbocycles. The Morgan fingerprint density at radius 2 is 2.17 bits per heavy atom. The molecule has 0 atom stereocenters. The molecular formula is C8H9NO2S. The molecule has 1 aromatic rings.